The molecule has 0 spiro atoms. The van der Waals surface area contributed by atoms with Gasteiger partial charge in [0, 0.05) is 37.8 Å². The van der Waals surface area contributed by atoms with Crippen molar-refractivity contribution in [1.82, 2.24) is 9.62 Å². The van der Waals surface area contributed by atoms with Crippen molar-refractivity contribution in [2.45, 2.75) is 50.5 Å². The number of carbonyl (C=O) groups excluding carboxylic acids is 1. The van der Waals surface area contributed by atoms with Gasteiger partial charge in [0.25, 0.3) is 0 Å². The number of hydrogen-bond donors (Lipinski definition) is 1. The van der Waals surface area contributed by atoms with E-state index < -0.39 is 10.0 Å². The van der Waals surface area contributed by atoms with Crippen LogP contribution in [0.5, 0.6) is 0 Å². The van der Waals surface area contributed by atoms with Gasteiger partial charge in [-0.3, -0.25) is 4.79 Å². The molecule has 2 aromatic carbocycles. The number of anilines is 1. The van der Waals surface area contributed by atoms with Crippen molar-refractivity contribution in [2.24, 2.45) is 11.8 Å². The summed E-state index contributed by atoms with van der Waals surface area (Å²) in [6, 6.07) is 16.9. The monoisotopic (exact) mass is 469 g/mol. The van der Waals surface area contributed by atoms with Crippen molar-refractivity contribution in [3.05, 3.63) is 60.2 Å². The average Bonchev–Trinajstić information content (AvgIpc) is 2.85. The second kappa shape index (κ2) is 10.3. The van der Waals surface area contributed by atoms with Gasteiger partial charge in [0.05, 0.1) is 10.9 Å². The van der Waals surface area contributed by atoms with Gasteiger partial charge in [-0.1, -0.05) is 37.3 Å². The molecule has 0 saturated carbocycles. The van der Waals surface area contributed by atoms with E-state index in [1.807, 2.05) is 6.92 Å². The highest BCUT2D eigenvalue weighted by Crippen LogP contribution is 2.27. The Balaban J connectivity index is 1.29. The van der Waals surface area contributed by atoms with Gasteiger partial charge in [-0.15, -0.1) is 0 Å². The lowest BCUT2D eigenvalue weighted by molar-refractivity contribution is -0.126. The first kappa shape index (κ1) is 23.8. The maximum Gasteiger partial charge on any atom is 0.243 e. The van der Waals surface area contributed by atoms with Gasteiger partial charge < -0.3 is 10.2 Å². The summed E-state index contributed by atoms with van der Waals surface area (Å²) in [5.41, 5.74) is 2.33. The predicted molar refractivity (Wildman–Crippen MR) is 132 cm³/mol. The zero-order chi connectivity index (χ0) is 23.4. The van der Waals surface area contributed by atoms with E-state index >= 15 is 0 Å². The third-order valence-corrected chi connectivity index (χ3v) is 9.02. The minimum atomic E-state index is -3.50. The molecule has 1 N–H and O–H groups in total. The first-order valence-electron chi connectivity index (χ1n) is 12.0. The summed E-state index contributed by atoms with van der Waals surface area (Å²) < 4.78 is 27.1. The maximum atomic E-state index is 12.9. The Hall–Kier alpha value is -2.38. The number of amides is 1. The molecule has 0 bridgehead atoms. The Labute approximate surface area is 198 Å². The SMILES string of the molecule is CC1CCN(c2ccc([C@H](C)NC(=O)C3CCN(S(=O)(=O)c4ccccc4)CC3)cc2)CC1. The van der Waals surface area contributed by atoms with Crippen LogP contribution in [-0.4, -0.2) is 44.8 Å². The largest absolute Gasteiger partial charge is 0.372 e. The van der Waals surface area contributed by atoms with Crippen molar-refractivity contribution in [3.63, 3.8) is 0 Å². The second-order valence-corrected chi connectivity index (χ2v) is 11.4. The Morgan fingerprint density at radius 1 is 0.909 bits per heavy atom. The van der Waals surface area contributed by atoms with Crippen LogP contribution >= 0.6 is 0 Å². The van der Waals surface area contributed by atoms with Gasteiger partial charge in [-0.25, -0.2) is 8.42 Å². The van der Waals surface area contributed by atoms with Crippen LogP contribution in [0, 0.1) is 11.8 Å². The highest BCUT2D eigenvalue weighted by molar-refractivity contribution is 7.89. The summed E-state index contributed by atoms with van der Waals surface area (Å²) >= 11 is 0. The highest BCUT2D eigenvalue weighted by atomic mass is 32.2. The van der Waals surface area contributed by atoms with E-state index in [1.54, 1.807) is 30.3 Å². The molecule has 6 nitrogen and oxygen atoms in total. The Morgan fingerprint density at radius 2 is 1.52 bits per heavy atom. The Morgan fingerprint density at radius 3 is 2.12 bits per heavy atom. The van der Waals surface area contributed by atoms with Gasteiger partial charge >= 0.3 is 0 Å². The molecule has 0 aliphatic carbocycles. The summed E-state index contributed by atoms with van der Waals surface area (Å²) in [4.78, 5) is 15.6. The summed E-state index contributed by atoms with van der Waals surface area (Å²) in [5, 5.41) is 3.14. The lowest BCUT2D eigenvalue weighted by atomic mass is 9.96. The molecule has 1 amide bonds. The number of piperidine rings is 2. The van der Waals surface area contributed by atoms with Crippen molar-refractivity contribution in [1.29, 1.82) is 0 Å². The second-order valence-electron chi connectivity index (χ2n) is 9.48. The first-order valence-corrected chi connectivity index (χ1v) is 13.5. The van der Waals surface area contributed by atoms with Crippen LogP contribution in [0.4, 0.5) is 5.69 Å². The normalized spacial score (nSPS) is 19.9. The number of carbonyl (C=O) groups is 1. The van der Waals surface area contributed by atoms with Gasteiger partial charge in [-0.05, 0) is 68.4 Å². The number of nitrogens with one attached hydrogen (secondary N) is 1. The van der Waals surface area contributed by atoms with Crippen molar-refractivity contribution in [2.75, 3.05) is 31.1 Å². The molecule has 0 radical (unpaired) electrons. The number of benzene rings is 2. The molecule has 2 heterocycles. The average molecular weight is 470 g/mol. The number of sulfonamides is 1. The fourth-order valence-corrected chi connectivity index (χ4v) is 6.25. The molecule has 2 fully saturated rings. The quantitative estimate of drug-likeness (QED) is 0.688. The lowest BCUT2D eigenvalue weighted by Gasteiger charge is -2.32. The van der Waals surface area contributed by atoms with Gasteiger partial charge in [-0.2, -0.15) is 4.31 Å². The summed E-state index contributed by atoms with van der Waals surface area (Å²) in [6.45, 7) is 7.26. The molecule has 2 aliphatic rings. The summed E-state index contributed by atoms with van der Waals surface area (Å²) in [7, 11) is -3.50. The molecular weight excluding hydrogens is 434 g/mol. The van der Waals surface area contributed by atoms with Crippen LogP contribution in [0.25, 0.3) is 0 Å². The minimum absolute atomic E-state index is 0.00773. The van der Waals surface area contributed by atoms with E-state index in [0.717, 1.165) is 24.6 Å². The van der Waals surface area contributed by atoms with E-state index in [2.05, 4.69) is 41.4 Å². The molecule has 2 aliphatic heterocycles. The number of rotatable bonds is 6. The fourth-order valence-electron chi connectivity index (χ4n) is 4.76. The lowest BCUT2D eigenvalue weighted by Crippen LogP contribution is -2.43. The first-order chi connectivity index (χ1) is 15.8. The van der Waals surface area contributed by atoms with Crippen LogP contribution in [0.15, 0.2) is 59.5 Å². The van der Waals surface area contributed by atoms with E-state index in [1.165, 1.54) is 22.8 Å². The molecular formula is C26H35N3O3S. The smallest absolute Gasteiger partial charge is 0.243 e. The third-order valence-electron chi connectivity index (χ3n) is 7.11. The maximum absolute atomic E-state index is 12.9. The van der Waals surface area contributed by atoms with E-state index in [-0.39, 0.29) is 17.9 Å². The molecule has 33 heavy (non-hydrogen) atoms. The summed E-state index contributed by atoms with van der Waals surface area (Å²) in [5.74, 6) is 0.652. The Bertz CT molecular complexity index is 1020. The number of nitrogens with zero attached hydrogens (tertiary/aromatic N) is 2. The van der Waals surface area contributed by atoms with Crippen molar-refractivity contribution in [3.8, 4) is 0 Å². The molecule has 4 rings (SSSR count). The van der Waals surface area contributed by atoms with E-state index in [4.69, 9.17) is 0 Å². The molecule has 2 aromatic rings. The molecule has 178 valence electrons. The number of hydrogen-bond acceptors (Lipinski definition) is 4. The molecule has 1 atom stereocenters. The van der Waals surface area contributed by atoms with E-state index in [0.29, 0.717) is 30.8 Å². The molecule has 7 heteroatoms. The zero-order valence-electron chi connectivity index (χ0n) is 19.6. The topological polar surface area (TPSA) is 69.7 Å². The van der Waals surface area contributed by atoms with Crippen LogP contribution < -0.4 is 10.2 Å². The molecule has 0 aromatic heterocycles. The molecule has 2 saturated heterocycles. The highest BCUT2D eigenvalue weighted by Gasteiger charge is 2.32. The third kappa shape index (κ3) is 5.58. The van der Waals surface area contributed by atoms with Gasteiger partial charge in [0.1, 0.15) is 0 Å². The van der Waals surface area contributed by atoms with E-state index in [9.17, 15) is 13.2 Å². The summed E-state index contributed by atoms with van der Waals surface area (Å²) in [6.07, 6.45) is 3.55. The predicted octanol–water partition coefficient (Wildman–Crippen LogP) is 4.20. The zero-order valence-corrected chi connectivity index (χ0v) is 20.4. The van der Waals surface area contributed by atoms with Crippen LogP contribution in [0.3, 0.4) is 0 Å². The fraction of sp³-hybridized carbons (Fsp3) is 0.500. The van der Waals surface area contributed by atoms with Gasteiger partial charge in [0.15, 0.2) is 0 Å². The van der Waals surface area contributed by atoms with Crippen LogP contribution in [0.2, 0.25) is 0 Å². The van der Waals surface area contributed by atoms with Crippen LogP contribution in [-0.2, 0) is 14.8 Å². The minimum Gasteiger partial charge on any atom is -0.372 e. The Kier molecular flexibility index (Phi) is 7.39. The van der Waals surface area contributed by atoms with Crippen molar-refractivity contribution >= 4 is 21.6 Å². The van der Waals surface area contributed by atoms with Crippen molar-refractivity contribution < 1.29 is 13.2 Å². The standard InChI is InChI=1S/C26H35N3O3S/c1-20-12-16-28(17-13-20)24-10-8-22(9-11-24)21(2)27-26(30)23-14-18-29(19-15-23)33(31,32)25-6-4-3-5-7-25/h3-11,20-21,23H,12-19H2,1-2H3,(H,27,30)/t21-/m0/s1. The molecule has 0 unspecified atom stereocenters. The van der Waals surface area contributed by atoms with Gasteiger partial charge in [0.2, 0.25) is 15.9 Å². The van der Waals surface area contributed by atoms with Crippen LogP contribution in [0.1, 0.15) is 51.1 Å².